The number of hydrogen-bond donors (Lipinski definition) is 2. The van der Waals surface area contributed by atoms with Gasteiger partial charge in [-0.15, -0.1) is 0 Å². The van der Waals surface area contributed by atoms with Crippen LogP contribution in [0.2, 0.25) is 0 Å². The molecule has 0 saturated carbocycles. The maximum Gasteiger partial charge on any atom is 0.355 e. The quantitative estimate of drug-likeness (QED) is 0.575. The maximum atomic E-state index is 12.3. The van der Waals surface area contributed by atoms with Crippen LogP contribution in [0.4, 0.5) is 11.4 Å². The van der Waals surface area contributed by atoms with Gasteiger partial charge in [-0.3, -0.25) is 9.59 Å². The molecule has 1 saturated heterocycles. The van der Waals surface area contributed by atoms with Gasteiger partial charge in [-0.25, -0.2) is 4.79 Å². The number of Topliss-reactive ketones (excluding diaryl/α,β-unsaturated/α-hetero) is 1. The van der Waals surface area contributed by atoms with E-state index in [0.717, 1.165) is 24.3 Å². The van der Waals surface area contributed by atoms with E-state index in [2.05, 4.69) is 21.3 Å². The fourth-order valence-electron chi connectivity index (χ4n) is 3.83. The average Bonchev–Trinajstić information content (AvgIpc) is 3.29. The number of hydrogen-bond acceptors (Lipinski definition) is 5. The van der Waals surface area contributed by atoms with Crippen LogP contribution >= 0.6 is 0 Å². The normalized spacial score (nSPS) is 13.4. The molecule has 0 radical (unpaired) electrons. The van der Waals surface area contributed by atoms with Gasteiger partial charge in [0.1, 0.15) is 5.69 Å². The van der Waals surface area contributed by atoms with E-state index < -0.39 is 18.5 Å². The van der Waals surface area contributed by atoms with E-state index in [1.807, 2.05) is 19.1 Å². The predicted octanol–water partition coefficient (Wildman–Crippen LogP) is 3.54. The lowest BCUT2D eigenvalue weighted by atomic mass is 10.1. The van der Waals surface area contributed by atoms with Gasteiger partial charge >= 0.3 is 5.97 Å². The van der Waals surface area contributed by atoms with E-state index in [-0.39, 0.29) is 11.5 Å². The molecule has 2 heterocycles. The Balaban J connectivity index is 1.59. The molecule has 1 fully saturated rings. The number of carbonyl (C=O) groups excluding carboxylic acids is 3. The van der Waals surface area contributed by atoms with Gasteiger partial charge in [-0.05, 0) is 69.9 Å². The number of ketones is 1. The zero-order chi connectivity index (χ0) is 21.1. The topological polar surface area (TPSA) is 91.5 Å². The van der Waals surface area contributed by atoms with E-state index in [4.69, 9.17) is 4.74 Å². The van der Waals surface area contributed by atoms with Gasteiger partial charge in [0, 0.05) is 35.7 Å². The van der Waals surface area contributed by atoms with E-state index in [0.29, 0.717) is 22.5 Å². The highest BCUT2D eigenvalue weighted by molar-refractivity contribution is 6.02. The number of aromatic nitrogens is 1. The van der Waals surface area contributed by atoms with Gasteiger partial charge < -0.3 is 19.9 Å². The molecule has 7 nitrogen and oxygen atoms in total. The van der Waals surface area contributed by atoms with Crippen molar-refractivity contribution < 1.29 is 19.1 Å². The minimum Gasteiger partial charge on any atom is -0.451 e. The number of nitrogens with one attached hydrogen (secondary N) is 2. The van der Waals surface area contributed by atoms with Crippen LogP contribution < -0.4 is 10.2 Å². The molecule has 1 aromatic heterocycles. The summed E-state index contributed by atoms with van der Waals surface area (Å²) in [6, 6.07) is 5.93. The molecule has 29 heavy (non-hydrogen) atoms. The first-order chi connectivity index (χ1) is 13.8. The zero-order valence-electron chi connectivity index (χ0n) is 17.3. The lowest BCUT2D eigenvalue weighted by Crippen LogP contribution is -2.22. The number of aryl methyl sites for hydroxylation is 2. The van der Waals surface area contributed by atoms with Crippen LogP contribution in [0, 0.1) is 20.8 Å². The Morgan fingerprint density at radius 3 is 2.41 bits per heavy atom. The molecule has 0 spiro atoms. The van der Waals surface area contributed by atoms with E-state index in [9.17, 15) is 14.4 Å². The minimum atomic E-state index is -0.658. The number of nitrogens with zero attached hydrogens (tertiary/aromatic N) is 1. The number of anilines is 2. The van der Waals surface area contributed by atoms with Crippen molar-refractivity contribution in [1.82, 2.24) is 4.98 Å². The third-order valence-corrected chi connectivity index (χ3v) is 5.28. The maximum absolute atomic E-state index is 12.3. The number of benzene rings is 1. The Kier molecular flexibility index (Phi) is 6.06. The number of rotatable bonds is 6. The van der Waals surface area contributed by atoms with E-state index >= 15 is 0 Å². The standard InChI is InChI=1S/C22H27N3O4/c1-13-11-17(25-9-5-6-10-25)7-8-18(13)24-19(27)12-29-22(28)21-14(2)20(16(4)26)15(3)23-21/h7-8,11,23H,5-6,9-10,12H2,1-4H3,(H,24,27). The van der Waals surface area contributed by atoms with Crippen molar-refractivity contribution in [2.45, 2.75) is 40.5 Å². The highest BCUT2D eigenvalue weighted by Crippen LogP contribution is 2.25. The third-order valence-electron chi connectivity index (χ3n) is 5.28. The summed E-state index contributed by atoms with van der Waals surface area (Å²) in [5, 5.41) is 2.79. The third kappa shape index (κ3) is 4.50. The summed E-state index contributed by atoms with van der Waals surface area (Å²) in [7, 11) is 0. The highest BCUT2D eigenvalue weighted by atomic mass is 16.5. The van der Waals surface area contributed by atoms with Crippen molar-refractivity contribution >= 4 is 29.0 Å². The van der Waals surface area contributed by atoms with Crippen molar-refractivity contribution in [3.8, 4) is 0 Å². The summed E-state index contributed by atoms with van der Waals surface area (Å²) >= 11 is 0. The molecule has 2 aromatic rings. The molecular formula is C22H27N3O4. The number of H-pyrrole nitrogens is 1. The molecule has 7 heteroatoms. The molecule has 1 aliphatic heterocycles. The number of carbonyl (C=O) groups is 3. The Labute approximate surface area is 170 Å². The van der Waals surface area contributed by atoms with Crippen LogP contribution in [0.3, 0.4) is 0 Å². The van der Waals surface area contributed by atoms with E-state index in [1.165, 1.54) is 19.8 Å². The van der Waals surface area contributed by atoms with Crippen molar-refractivity contribution in [2.24, 2.45) is 0 Å². The number of amides is 1. The first kappa shape index (κ1) is 20.6. The molecule has 1 aromatic carbocycles. The van der Waals surface area contributed by atoms with Crippen LogP contribution in [0.5, 0.6) is 0 Å². The second-order valence-electron chi connectivity index (χ2n) is 7.50. The summed E-state index contributed by atoms with van der Waals surface area (Å²) in [6.07, 6.45) is 2.41. The summed E-state index contributed by atoms with van der Waals surface area (Å²) < 4.78 is 5.13. The molecule has 0 aliphatic carbocycles. The van der Waals surface area contributed by atoms with Gasteiger partial charge in [-0.2, -0.15) is 0 Å². The molecule has 3 rings (SSSR count). The van der Waals surface area contributed by atoms with Gasteiger partial charge in [0.05, 0.1) is 0 Å². The average molecular weight is 397 g/mol. The Morgan fingerprint density at radius 1 is 1.14 bits per heavy atom. The van der Waals surface area contributed by atoms with Gasteiger partial charge in [0.15, 0.2) is 12.4 Å². The number of aromatic amines is 1. The largest absolute Gasteiger partial charge is 0.451 e. The summed E-state index contributed by atoms with van der Waals surface area (Å²) in [5.41, 5.74) is 4.63. The van der Waals surface area contributed by atoms with Crippen LogP contribution in [0.15, 0.2) is 18.2 Å². The Morgan fingerprint density at radius 2 is 1.83 bits per heavy atom. The molecule has 2 N–H and O–H groups in total. The lowest BCUT2D eigenvalue weighted by molar-refractivity contribution is -0.119. The first-order valence-corrected chi connectivity index (χ1v) is 9.80. The molecule has 0 atom stereocenters. The zero-order valence-corrected chi connectivity index (χ0v) is 17.3. The second-order valence-corrected chi connectivity index (χ2v) is 7.50. The summed E-state index contributed by atoms with van der Waals surface area (Å²) in [5.74, 6) is -1.20. The van der Waals surface area contributed by atoms with Crippen molar-refractivity contribution in [1.29, 1.82) is 0 Å². The second kappa shape index (κ2) is 8.51. The van der Waals surface area contributed by atoms with Crippen molar-refractivity contribution in [3.05, 3.63) is 46.3 Å². The van der Waals surface area contributed by atoms with Gasteiger partial charge in [-0.1, -0.05) is 0 Å². The molecule has 154 valence electrons. The highest BCUT2D eigenvalue weighted by Gasteiger charge is 2.21. The predicted molar refractivity (Wildman–Crippen MR) is 112 cm³/mol. The SMILES string of the molecule is CC(=O)c1c(C)[nH]c(C(=O)OCC(=O)Nc2ccc(N3CCCC3)cc2C)c1C. The molecular weight excluding hydrogens is 370 g/mol. The number of esters is 1. The fourth-order valence-corrected chi connectivity index (χ4v) is 3.83. The molecule has 0 unspecified atom stereocenters. The lowest BCUT2D eigenvalue weighted by Gasteiger charge is -2.19. The van der Waals surface area contributed by atoms with Crippen LogP contribution in [0.1, 0.15) is 57.4 Å². The first-order valence-electron chi connectivity index (χ1n) is 9.80. The van der Waals surface area contributed by atoms with Crippen molar-refractivity contribution in [2.75, 3.05) is 29.9 Å². The monoisotopic (exact) mass is 397 g/mol. The Bertz CT molecular complexity index is 955. The summed E-state index contributed by atoms with van der Waals surface area (Å²) in [6.45, 7) is 8.51. The van der Waals surface area contributed by atoms with Gasteiger partial charge in [0.25, 0.3) is 5.91 Å². The van der Waals surface area contributed by atoms with Crippen molar-refractivity contribution in [3.63, 3.8) is 0 Å². The molecule has 0 bridgehead atoms. The number of ether oxygens (including phenoxy) is 1. The van der Waals surface area contributed by atoms with Crippen LogP contribution in [0.25, 0.3) is 0 Å². The van der Waals surface area contributed by atoms with Gasteiger partial charge in [0.2, 0.25) is 0 Å². The molecule has 1 aliphatic rings. The van der Waals surface area contributed by atoms with Crippen LogP contribution in [-0.4, -0.2) is 42.3 Å². The Hall–Kier alpha value is -3.09. The van der Waals surface area contributed by atoms with E-state index in [1.54, 1.807) is 13.8 Å². The minimum absolute atomic E-state index is 0.124. The molecule has 1 amide bonds. The summed E-state index contributed by atoms with van der Waals surface area (Å²) in [4.78, 5) is 41.5. The fraction of sp³-hybridized carbons (Fsp3) is 0.409. The van der Waals surface area contributed by atoms with Crippen LogP contribution in [-0.2, 0) is 9.53 Å². The smallest absolute Gasteiger partial charge is 0.355 e.